The monoisotopic (exact) mass is 345 g/mol. The highest BCUT2D eigenvalue weighted by Gasteiger charge is 2.38. The number of carboxylic acids is 1. The molecule has 8 heteroatoms. The van der Waals surface area contributed by atoms with Gasteiger partial charge in [-0.2, -0.15) is 13.2 Å². The summed E-state index contributed by atoms with van der Waals surface area (Å²) in [4.78, 5) is 20.5. The zero-order chi connectivity index (χ0) is 17.7. The fourth-order valence-electron chi connectivity index (χ4n) is 2.85. The molecule has 0 amide bonds. The second-order valence-electron chi connectivity index (χ2n) is 6.10. The second kappa shape index (κ2) is 7.92. The van der Waals surface area contributed by atoms with E-state index in [9.17, 15) is 13.2 Å². The standard InChI is InChI=1S/C14H21N3.C2HF3O2/c1-2-7-17-8-5-12-13(6-9-17)15-10-16-14(12)11-3-4-11;3-2(4,5)1(6)7/h10-11H,2-9H2,1H3;(H,6,7). The van der Waals surface area contributed by atoms with Gasteiger partial charge in [-0.05, 0) is 37.8 Å². The predicted octanol–water partition coefficient (Wildman–Crippen LogP) is 2.80. The lowest BCUT2D eigenvalue weighted by atomic mass is 10.0. The van der Waals surface area contributed by atoms with Gasteiger partial charge in [-0.15, -0.1) is 0 Å². The molecule has 2 aliphatic rings. The Balaban J connectivity index is 0.000000256. The van der Waals surface area contributed by atoms with Crippen molar-refractivity contribution < 1.29 is 23.1 Å². The first-order valence-corrected chi connectivity index (χ1v) is 8.18. The average molecular weight is 345 g/mol. The van der Waals surface area contributed by atoms with Gasteiger partial charge in [0.2, 0.25) is 0 Å². The number of aromatic nitrogens is 2. The van der Waals surface area contributed by atoms with Crippen LogP contribution in [0.3, 0.4) is 0 Å². The largest absolute Gasteiger partial charge is 0.490 e. The molecule has 1 fully saturated rings. The quantitative estimate of drug-likeness (QED) is 0.912. The molecular weight excluding hydrogens is 323 g/mol. The zero-order valence-corrected chi connectivity index (χ0v) is 13.6. The molecule has 1 saturated carbocycles. The third-order valence-corrected chi connectivity index (χ3v) is 4.16. The number of nitrogens with zero attached hydrogens (tertiary/aromatic N) is 3. The molecule has 1 N–H and O–H groups in total. The Morgan fingerprint density at radius 3 is 2.46 bits per heavy atom. The lowest BCUT2D eigenvalue weighted by Crippen LogP contribution is -2.27. The topological polar surface area (TPSA) is 66.3 Å². The summed E-state index contributed by atoms with van der Waals surface area (Å²) in [5, 5.41) is 7.12. The van der Waals surface area contributed by atoms with Crippen LogP contribution in [0.5, 0.6) is 0 Å². The number of carbonyl (C=O) groups is 1. The van der Waals surface area contributed by atoms with Gasteiger partial charge in [-0.1, -0.05) is 6.92 Å². The van der Waals surface area contributed by atoms with Crippen molar-refractivity contribution in [1.82, 2.24) is 14.9 Å². The van der Waals surface area contributed by atoms with E-state index in [2.05, 4.69) is 21.8 Å². The SMILES string of the molecule is CCCN1CCc2ncnc(C3CC3)c2CC1.O=C(O)C(F)(F)F. The third kappa shape index (κ3) is 5.15. The molecule has 0 atom stereocenters. The van der Waals surface area contributed by atoms with Gasteiger partial charge in [0, 0.05) is 31.1 Å². The van der Waals surface area contributed by atoms with Crippen LogP contribution in [0.2, 0.25) is 0 Å². The van der Waals surface area contributed by atoms with Gasteiger partial charge in [0.1, 0.15) is 6.33 Å². The molecule has 0 radical (unpaired) electrons. The number of alkyl halides is 3. The highest BCUT2D eigenvalue weighted by molar-refractivity contribution is 5.73. The molecule has 0 saturated heterocycles. The molecule has 0 bridgehead atoms. The van der Waals surface area contributed by atoms with Crippen LogP contribution in [-0.2, 0) is 17.6 Å². The van der Waals surface area contributed by atoms with Gasteiger partial charge in [0.15, 0.2) is 0 Å². The normalized spacial score (nSPS) is 18.2. The maximum absolute atomic E-state index is 10.6. The minimum absolute atomic E-state index is 0.754. The fraction of sp³-hybridized carbons (Fsp3) is 0.688. The van der Waals surface area contributed by atoms with Gasteiger partial charge in [-0.3, -0.25) is 0 Å². The van der Waals surface area contributed by atoms with Crippen LogP contribution in [0.4, 0.5) is 13.2 Å². The Bertz CT molecular complexity index is 574. The van der Waals surface area contributed by atoms with Crippen molar-refractivity contribution in [2.24, 2.45) is 0 Å². The first-order chi connectivity index (χ1) is 11.3. The molecule has 0 aromatic carbocycles. The summed E-state index contributed by atoms with van der Waals surface area (Å²) in [5.41, 5.74) is 4.17. The van der Waals surface area contributed by atoms with Crippen molar-refractivity contribution in [3.05, 3.63) is 23.3 Å². The molecular formula is C16H22F3N3O2. The summed E-state index contributed by atoms with van der Waals surface area (Å²) >= 11 is 0. The smallest absolute Gasteiger partial charge is 0.475 e. The van der Waals surface area contributed by atoms with E-state index in [1.54, 1.807) is 6.33 Å². The Morgan fingerprint density at radius 2 is 1.92 bits per heavy atom. The predicted molar refractivity (Wildman–Crippen MR) is 81.8 cm³/mol. The number of hydrogen-bond donors (Lipinski definition) is 1. The van der Waals surface area contributed by atoms with E-state index in [-0.39, 0.29) is 0 Å². The van der Waals surface area contributed by atoms with Crippen LogP contribution >= 0.6 is 0 Å². The first kappa shape index (κ1) is 18.6. The van der Waals surface area contributed by atoms with Crippen LogP contribution in [0, 0.1) is 0 Å². The van der Waals surface area contributed by atoms with Gasteiger partial charge >= 0.3 is 12.1 Å². The van der Waals surface area contributed by atoms with Crippen molar-refractivity contribution in [2.45, 2.75) is 51.1 Å². The number of aliphatic carboxylic acids is 1. The minimum atomic E-state index is -5.08. The highest BCUT2D eigenvalue weighted by Crippen LogP contribution is 2.41. The number of halogens is 3. The molecule has 2 heterocycles. The number of rotatable bonds is 3. The van der Waals surface area contributed by atoms with Crippen LogP contribution in [-0.4, -0.2) is 51.8 Å². The van der Waals surface area contributed by atoms with Gasteiger partial charge in [-0.25, -0.2) is 14.8 Å². The Morgan fingerprint density at radius 1 is 1.29 bits per heavy atom. The average Bonchev–Trinajstić information content (AvgIpc) is 3.34. The van der Waals surface area contributed by atoms with Gasteiger partial charge in [0.05, 0.1) is 5.69 Å². The van der Waals surface area contributed by atoms with Gasteiger partial charge in [0.25, 0.3) is 0 Å². The Hall–Kier alpha value is -1.70. The Kier molecular flexibility index (Phi) is 6.15. The van der Waals surface area contributed by atoms with E-state index >= 15 is 0 Å². The molecule has 1 aliphatic heterocycles. The van der Waals surface area contributed by atoms with Crippen LogP contribution in [0.15, 0.2) is 6.33 Å². The molecule has 0 spiro atoms. The van der Waals surface area contributed by atoms with Crippen molar-refractivity contribution in [1.29, 1.82) is 0 Å². The minimum Gasteiger partial charge on any atom is -0.475 e. The molecule has 1 aliphatic carbocycles. The number of fused-ring (bicyclic) bond motifs is 1. The lowest BCUT2D eigenvalue weighted by molar-refractivity contribution is -0.192. The van der Waals surface area contributed by atoms with Crippen LogP contribution in [0.1, 0.15) is 49.1 Å². The van der Waals surface area contributed by atoms with Crippen LogP contribution in [0.25, 0.3) is 0 Å². The number of carboxylic acid groups (broad SMARTS) is 1. The summed E-state index contributed by atoms with van der Waals surface area (Å²) in [6.45, 7) is 5.84. The summed E-state index contributed by atoms with van der Waals surface area (Å²) < 4.78 is 31.7. The highest BCUT2D eigenvalue weighted by atomic mass is 19.4. The number of hydrogen-bond acceptors (Lipinski definition) is 4. The van der Waals surface area contributed by atoms with E-state index in [0.717, 1.165) is 18.8 Å². The van der Waals surface area contributed by atoms with E-state index in [1.165, 1.54) is 55.8 Å². The molecule has 5 nitrogen and oxygen atoms in total. The van der Waals surface area contributed by atoms with E-state index in [4.69, 9.17) is 9.90 Å². The van der Waals surface area contributed by atoms with Crippen molar-refractivity contribution in [2.75, 3.05) is 19.6 Å². The van der Waals surface area contributed by atoms with Gasteiger partial charge < -0.3 is 10.0 Å². The fourth-order valence-corrected chi connectivity index (χ4v) is 2.85. The summed E-state index contributed by atoms with van der Waals surface area (Å²) in [6.07, 6.45) is 2.88. The molecule has 0 unspecified atom stereocenters. The molecule has 1 aromatic rings. The maximum Gasteiger partial charge on any atom is 0.490 e. The van der Waals surface area contributed by atoms with E-state index in [1.807, 2.05) is 0 Å². The third-order valence-electron chi connectivity index (χ3n) is 4.16. The summed E-state index contributed by atoms with van der Waals surface area (Å²) in [5.74, 6) is -2.00. The second-order valence-corrected chi connectivity index (χ2v) is 6.10. The lowest BCUT2D eigenvalue weighted by Gasteiger charge is -2.18. The van der Waals surface area contributed by atoms with Crippen molar-refractivity contribution in [3.8, 4) is 0 Å². The van der Waals surface area contributed by atoms with E-state index < -0.39 is 12.1 Å². The maximum atomic E-state index is 10.6. The molecule has 134 valence electrons. The van der Waals surface area contributed by atoms with Crippen LogP contribution < -0.4 is 0 Å². The molecule has 3 rings (SSSR count). The van der Waals surface area contributed by atoms with Crippen molar-refractivity contribution in [3.63, 3.8) is 0 Å². The van der Waals surface area contributed by atoms with E-state index in [0.29, 0.717) is 0 Å². The van der Waals surface area contributed by atoms with Crippen molar-refractivity contribution >= 4 is 5.97 Å². The summed E-state index contributed by atoms with van der Waals surface area (Å²) in [6, 6.07) is 0. The zero-order valence-electron chi connectivity index (χ0n) is 13.6. The molecule has 1 aromatic heterocycles. The Labute approximate surface area is 138 Å². The molecule has 24 heavy (non-hydrogen) atoms. The first-order valence-electron chi connectivity index (χ1n) is 8.18. The summed E-state index contributed by atoms with van der Waals surface area (Å²) in [7, 11) is 0.